The van der Waals surface area contributed by atoms with Crippen LogP contribution in [-0.2, 0) is 0 Å². The van der Waals surface area contributed by atoms with Gasteiger partial charge in [-0.1, -0.05) is 36.4 Å². The van der Waals surface area contributed by atoms with E-state index < -0.39 is 6.10 Å². The van der Waals surface area contributed by atoms with Gasteiger partial charge in [-0.2, -0.15) is 11.3 Å². The quantitative estimate of drug-likeness (QED) is 0.687. The molecule has 0 bridgehead atoms. The maximum Gasteiger partial charge on any atom is 0.319 e. The van der Waals surface area contributed by atoms with Crippen molar-refractivity contribution in [3.05, 3.63) is 64.9 Å². The number of fused-ring (bicyclic) bond motifs is 1. The Morgan fingerprint density at radius 3 is 2.77 bits per heavy atom. The van der Waals surface area contributed by atoms with Crippen molar-refractivity contribution in [1.82, 2.24) is 5.32 Å². The van der Waals surface area contributed by atoms with Crippen LogP contribution < -0.4 is 10.6 Å². The summed E-state index contributed by atoms with van der Waals surface area (Å²) in [7, 11) is 0. The first-order valence-electron chi connectivity index (χ1n) is 6.97. The number of thiophene rings is 1. The molecule has 0 aliphatic carbocycles. The molecule has 2 aromatic carbocycles. The fraction of sp³-hybridized carbons (Fsp3) is 0.118. The van der Waals surface area contributed by atoms with Crippen LogP contribution in [0, 0.1) is 0 Å². The number of rotatable bonds is 4. The fourth-order valence-corrected chi connectivity index (χ4v) is 2.98. The Morgan fingerprint density at radius 2 is 1.95 bits per heavy atom. The molecule has 5 heteroatoms. The Morgan fingerprint density at radius 1 is 1.14 bits per heavy atom. The topological polar surface area (TPSA) is 61.4 Å². The first-order chi connectivity index (χ1) is 10.7. The zero-order valence-electron chi connectivity index (χ0n) is 11.8. The van der Waals surface area contributed by atoms with Crippen molar-refractivity contribution in [2.75, 3.05) is 11.9 Å². The second-order valence-electron chi connectivity index (χ2n) is 4.93. The highest BCUT2D eigenvalue weighted by atomic mass is 32.1. The molecule has 4 nitrogen and oxygen atoms in total. The van der Waals surface area contributed by atoms with E-state index in [4.69, 9.17) is 0 Å². The summed E-state index contributed by atoms with van der Waals surface area (Å²) >= 11 is 1.52. The Bertz CT molecular complexity index is 766. The van der Waals surface area contributed by atoms with Gasteiger partial charge in [-0.15, -0.1) is 0 Å². The third-order valence-electron chi connectivity index (χ3n) is 3.42. The zero-order chi connectivity index (χ0) is 15.4. The standard InChI is InChI=1S/C17H16N2O2S/c20-16(13-8-9-22-11-13)10-18-17(21)19-15-7-3-5-12-4-1-2-6-14(12)15/h1-9,11,16,20H,10H2,(H2,18,19,21). The van der Waals surface area contributed by atoms with Gasteiger partial charge >= 0.3 is 6.03 Å². The van der Waals surface area contributed by atoms with Crippen molar-refractivity contribution in [1.29, 1.82) is 0 Å². The minimum Gasteiger partial charge on any atom is -0.387 e. The predicted molar refractivity (Wildman–Crippen MR) is 90.2 cm³/mol. The minimum absolute atomic E-state index is 0.174. The molecule has 1 heterocycles. The molecule has 112 valence electrons. The number of aliphatic hydroxyl groups is 1. The number of amides is 2. The molecule has 0 fully saturated rings. The second-order valence-corrected chi connectivity index (χ2v) is 5.71. The van der Waals surface area contributed by atoms with Gasteiger partial charge in [0.25, 0.3) is 0 Å². The summed E-state index contributed by atoms with van der Waals surface area (Å²) in [5, 5.41) is 21.3. The summed E-state index contributed by atoms with van der Waals surface area (Å²) in [6.07, 6.45) is -0.690. The summed E-state index contributed by atoms with van der Waals surface area (Å²) in [6, 6.07) is 15.1. The molecule has 0 saturated carbocycles. The number of hydrogen-bond donors (Lipinski definition) is 3. The highest BCUT2D eigenvalue weighted by Crippen LogP contribution is 2.22. The van der Waals surface area contributed by atoms with Gasteiger partial charge in [0.1, 0.15) is 0 Å². The molecular formula is C17H16N2O2S. The van der Waals surface area contributed by atoms with E-state index in [1.165, 1.54) is 11.3 Å². The van der Waals surface area contributed by atoms with Crippen LogP contribution in [0.2, 0.25) is 0 Å². The molecule has 0 saturated heterocycles. The normalized spacial score (nSPS) is 12.0. The molecule has 3 rings (SSSR count). The van der Waals surface area contributed by atoms with Crippen LogP contribution in [0.25, 0.3) is 10.8 Å². The molecular weight excluding hydrogens is 296 g/mol. The fourth-order valence-electron chi connectivity index (χ4n) is 2.27. The Balaban J connectivity index is 1.64. The Labute approximate surface area is 132 Å². The Kier molecular flexibility index (Phi) is 4.37. The van der Waals surface area contributed by atoms with Crippen LogP contribution in [0.3, 0.4) is 0 Å². The van der Waals surface area contributed by atoms with Gasteiger partial charge in [-0.25, -0.2) is 4.79 Å². The molecule has 1 aromatic heterocycles. The van der Waals surface area contributed by atoms with E-state index in [1.54, 1.807) is 0 Å². The third-order valence-corrected chi connectivity index (χ3v) is 4.12. The van der Waals surface area contributed by atoms with Gasteiger partial charge in [0.2, 0.25) is 0 Å². The van der Waals surface area contributed by atoms with Crippen LogP contribution in [0.4, 0.5) is 10.5 Å². The van der Waals surface area contributed by atoms with Gasteiger partial charge in [-0.05, 0) is 33.8 Å². The molecule has 22 heavy (non-hydrogen) atoms. The summed E-state index contributed by atoms with van der Waals surface area (Å²) in [6.45, 7) is 0.174. The van der Waals surface area contributed by atoms with Crippen molar-refractivity contribution in [3.8, 4) is 0 Å². The number of anilines is 1. The van der Waals surface area contributed by atoms with Crippen LogP contribution in [0.5, 0.6) is 0 Å². The monoisotopic (exact) mass is 312 g/mol. The molecule has 0 aliphatic heterocycles. The van der Waals surface area contributed by atoms with E-state index in [0.29, 0.717) is 0 Å². The number of nitrogens with one attached hydrogen (secondary N) is 2. The third kappa shape index (κ3) is 3.27. The van der Waals surface area contributed by atoms with Gasteiger partial charge < -0.3 is 15.7 Å². The van der Waals surface area contributed by atoms with E-state index in [9.17, 15) is 9.90 Å². The molecule has 3 N–H and O–H groups in total. The van der Waals surface area contributed by atoms with E-state index in [1.807, 2.05) is 59.3 Å². The van der Waals surface area contributed by atoms with Crippen LogP contribution in [0.15, 0.2) is 59.3 Å². The molecule has 1 atom stereocenters. The molecule has 3 aromatic rings. The molecule has 0 radical (unpaired) electrons. The van der Waals surface area contributed by atoms with E-state index in [2.05, 4.69) is 10.6 Å². The average molecular weight is 312 g/mol. The van der Waals surface area contributed by atoms with Gasteiger partial charge in [-0.3, -0.25) is 0 Å². The highest BCUT2D eigenvalue weighted by molar-refractivity contribution is 7.07. The number of urea groups is 1. The number of carbonyl (C=O) groups is 1. The van der Waals surface area contributed by atoms with Crippen molar-refractivity contribution in [3.63, 3.8) is 0 Å². The van der Waals surface area contributed by atoms with Crippen molar-refractivity contribution in [2.24, 2.45) is 0 Å². The maximum absolute atomic E-state index is 12.0. The zero-order valence-corrected chi connectivity index (χ0v) is 12.6. The van der Waals surface area contributed by atoms with Crippen LogP contribution >= 0.6 is 11.3 Å². The summed E-state index contributed by atoms with van der Waals surface area (Å²) < 4.78 is 0. The number of hydrogen-bond acceptors (Lipinski definition) is 3. The molecule has 1 unspecified atom stereocenters. The lowest BCUT2D eigenvalue weighted by Gasteiger charge is -2.12. The highest BCUT2D eigenvalue weighted by Gasteiger charge is 2.10. The first-order valence-corrected chi connectivity index (χ1v) is 7.91. The van der Waals surface area contributed by atoms with E-state index >= 15 is 0 Å². The lowest BCUT2D eigenvalue weighted by molar-refractivity contribution is 0.175. The predicted octanol–water partition coefficient (Wildman–Crippen LogP) is 3.76. The molecule has 0 aliphatic rings. The smallest absolute Gasteiger partial charge is 0.319 e. The summed E-state index contributed by atoms with van der Waals surface area (Å²) in [5.74, 6) is 0. The first kappa shape index (κ1) is 14.6. The van der Waals surface area contributed by atoms with Crippen molar-refractivity contribution in [2.45, 2.75) is 6.10 Å². The maximum atomic E-state index is 12.0. The van der Waals surface area contributed by atoms with Crippen LogP contribution in [0.1, 0.15) is 11.7 Å². The summed E-state index contributed by atoms with van der Waals surface area (Å²) in [4.78, 5) is 12.0. The SMILES string of the molecule is O=C(NCC(O)c1ccsc1)Nc1cccc2ccccc12. The van der Waals surface area contributed by atoms with Gasteiger partial charge in [0.15, 0.2) is 0 Å². The largest absolute Gasteiger partial charge is 0.387 e. The summed E-state index contributed by atoms with van der Waals surface area (Å²) in [5.41, 5.74) is 1.57. The van der Waals surface area contributed by atoms with E-state index in [-0.39, 0.29) is 12.6 Å². The number of benzene rings is 2. The average Bonchev–Trinajstić information content (AvgIpc) is 3.07. The number of carbonyl (C=O) groups excluding carboxylic acids is 1. The second kappa shape index (κ2) is 6.60. The minimum atomic E-state index is -0.690. The lowest BCUT2D eigenvalue weighted by atomic mass is 10.1. The molecule has 2 amide bonds. The number of aliphatic hydroxyl groups excluding tert-OH is 1. The van der Waals surface area contributed by atoms with Crippen LogP contribution in [-0.4, -0.2) is 17.7 Å². The lowest BCUT2D eigenvalue weighted by Crippen LogP contribution is -2.32. The van der Waals surface area contributed by atoms with Crippen molar-refractivity contribution < 1.29 is 9.90 Å². The van der Waals surface area contributed by atoms with Gasteiger partial charge in [0.05, 0.1) is 11.8 Å². The van der Waals surface area contributed by atoms with Crippen molar-refractivity contribution >= 4 is 33.8 Å². The van der Waals surface area contributed by atoms with E-state index in [0.717, 1.165) is 22.0 Å². The molecule has 0 spiro atoms. The van der Waals surface area contributed by atoms with Gasteiger partial charge in [0, 0.05) is 11.9 Å². The Hall–Kier alpha value is -2.37.